The Kier molecular flexibility index (Phi) is 6.83. The Hall–Kier alpha value is -3.57. The lowest BCUT2D eigenvalue weighted by Crippen LogP contribution is -2.50. The van der Waals surface area contributed by atoms with Gasteiger partial charge in [0.15, 0.2) is 5.69 Å². The van der Waals surface area contributed by atoms with Crippen molar-refractivity contribution in [3.63, 3.8) is 0 Å². The molecule has 1 saturated carbocycles. The van der Waals surface area contributed by atoms with Crippen molar-refractivity contribution in [2.75, 3.05) is 33.3 Å². The van der Waals surface area contributed by atoms with Crippen LogP contribution in [0, 0.1) is 0 Å². The van der Waals surface area contributed by atoms with Crippen LogP contribution < -0.4 is 10.1 Å². The zero-order chi connectivity index (χ0) is 27.1. The molecule has 2 fully saturated rings. The van der Waals surface area contributed by atoms with Crippen LogP contribution in [0.25, 0.3) is 5.69 Å². The number of halogens is 3. The third-order valence-corrected chi connectivity index (χ3v) is 7.45. The maximum absolute atomic E-state index is 13.7. The predicted molar refractivity (Wildman–Crippen MR) is 130 cm³/mol. The summed E-state index contributed by atoms with van der Waals surface area (Å²) in [5.41, 5.74) is -1.79. The molecule has 3 heterocycles. The normalized spacial score (nSPS) is 18.4. The van der Waals surface area contributed by atoms with Crippen LogP contribution in [0.5, 0.6) is 5.75 Å². The molecule has 3 aliphatic rings. The predicted octanol–water partition coefficient (Wildman–Crippen LogP) is 2.95. The maximum Gasteiger partial charge on any atom is 0.435 e. The van der Waals surface area contributed by atoms with Gasteiger partial charge >= 0.3 is 6.18 Å². The molecule has 2 aliphatic heterocycles. The van der Waals surface area contributed by atoms with E-state index >= 15 is 0 Å². The van der Waals surface area contributed by atoms with Crippen molar-refractivity contribution < 1.29 is 32.3 Å². The van der Waals surface area contributed by atoms with Crippen LogP contribution >= 0.6 is 0 Å². The quantitative estimate of drug-likeness (QED) is 0.563. The molecule has 0 atom stereocenters. The standard InChI is InChI=1S/C26H30F3N5O4/c1-38-18-8-6-17(7-9-18)34-21-19(22(31-34)26(27,28)29)10-16-32(23(21)36)15-4-5-20(35)30-25(11-12-25)24(37)33-13-2-3-14-33/h6-9H,2-5,10-16H2,1H3,(H,30,35). The number of ether oxygens (including phenoxy) is 1. The Morgan fingerprint density at radius 2 is 1.79 bits per heavy atom. The van der Waals surface area contributed by atoms with Gasteiger partial charge in [-0.1, -0.05) is 0 Å². The van der Waals surface area contributed by atoms with Gasteiger partial charge in [-0.3, -0.25) is 14.4 Å². The smallest absolute Gasteiger partial charge is 0.435 e. The molecule has 3 amide bonds. The first-order valence-electron chi connectivity index (χ1n) is 12.9. The van der Waals surface area contributed by atoms with Crippen molar-refractivity contribution >= 4 is 17.7 Å². The summed E-state index contributed by atoms with van der Waals surface area (Å²) < 4.78 is 47.4. The summed E-state index contributed by atoms with van der Waals surface area (Å²) in [6.45, 7) is 1.74. The summed E-state index contributed by atoms with van der Waals surface area (Å²) in [6, 6.07) is 6.25. The number of nitrogens with one attached hydrogen (secondary N) is 1. The molecular formula is C26H30F3N5O4. The highest BCUT2D eigenvalue weighted by Crippen LogP contribution is 2.39. The Morgan fingerprint density at radius 1 is 1.11 bits per heavy atom. The molecule has 1 aliphatic carbocycles. The molecule has 1 aromatic carbocycles. The zero-order valence-electron chi connectivity index (χ0n) is 21.1. The first-order valence-corrected chi connectivity index (χ1v) is 12.9. The van der Waals surface area contributed by atoms with E-state index in [1.54, 1.807) is 29.2 Å². The molecule has 12 heteroatoms. The van der Waals surface area contributed by atoms with Crippen molar-refractivity contribution in [3.8, 4) is 11.4 Å². The summed E-state index contributed by atoms with van der Waals surface area (Å²) in [5.74, 6) is -0.322. The Bertz CT molecular complexity index is 1230. The number of amides is 3. The summed E-state index contributed by atoms with van der Waals surface area (Å²) in [5, 5.41) is 6.67. The number of alkyl halides is 3. The highest BCUT2D eigenvalue weighted by Gasteiger charge is 2.53. The molecular weight excluding hydrogens is 503 g/mol. The Morgan fingerprint density at radius 3 is 2.39 bits per heavy atom. The number of carbonyl (C=O) groups is 3. The lowest BCUT2D eigenvalue weighted by Gasteiger charge is -2.28. The van der Waals surface area contributed by atoms with Gasteiger partial charge < -0.3 is 19.9 Å². The van der Waals surface area contributed by atoms with Gasteiger partial charge in [-0.2, -0.15) is 18.3 Å². The molecule has 38 heavy (non-hydrogen) atoms. The fourth-order valence-electron chi connectivity index (χ4n) is 5.26. The number of aromatic nitrogens is 2. The van der Waals surface area contributed by atoms with Gasteiger partial charge in [0.25, 0.3) is 5.91 Å². The molecule has 1 saturated heterocycles. The molecule has 0 unspecified atom stereocenters. The van der Waals surface area contributed by atoms with Gasteiger partial charge in [-0.15, -0.1) is 0 Å². The number of rotatable bonds is 8. The SMILES string of the molecule is COc1ccc(-n2nc(C(F)(F)F)c3c2C(=O)N(CCCC(=O)NC2(C(=O)N4CCCC4)CC2)CC3)cc1. The van der Waals surface area contributed by atoms with Crippen molar-refractivity contribution in [1.82, 2.24) is 24.9 Å². The molecule has 0 radical (unpaired) electrons. The van der Waals surface area contributed by atoms with E-state index in [-0.39, 0.29) is 49.0 Å². The fourth-order valence-corrected chi connectivity index (χ4v) is 5.26. The minimum absolute atomic E-state index is 0.00567. The summed E-state index contributed by atoms with van der Waals surface area (Å²) in [4.78, 5) is 42.0. The van der Waals surface area contributed by atoms with Gasteiger partial charge in [0.1, 0.15) is 17.0 Å². The van der Waals surface area contributed by atoms with Crippen LogP contribution in [0.4, 0.5) is 13.2 Å². The van der Waals surface area contributed by atoms with Crippen LogP contribution in [-0.2, 0) is 22.2 Å². The summed E-state index contributed by atoms with van der Waals surface area (Å²) in [7, 11) is 1.48. The highest BCUT2D eigenvalue weighted by atomic mass is 19.4. The minimum atomic E-state index is -4.70. The molecule has 0 bridgehead atoms. The topological polar surface area (TPSA) is 96.8 Å². The third-order valence-electron chi connectivity index (χ3n) is 7.45. The van der Waals surface area contributed by atoms with Crippen LogP contribution in [0.1, 0.15) is 60.3 Å². The second-order valence-electron chi connectivity index (χ2n) is 10.1. The molecule has 5 rings (SSSR count). The van der Waals surface area contributed by atoms with Gasteiger partial charge in [0.05, 0.1) is 12.8 Å². The molecule has 0 spiro atoms. The first-order chi connectivity index (χ1) is 18.1. The van der Waals surface area contributed by atoms with E-state index in [0.717, 1.165) is 30.6 Å². The molecule has 9 nitrogen and oxygen atoms in total. The van der Waals surface area contributed by atoms with Crippen LogP contribution in [0.3, 0.4) is 0 Å². The minimum Gasteiger partial charge on any atom is -0.497 e. The average Bonchev–Trinajstić information content (AvgIpc) is 3.29. The van der Waals surface area contributed by atoms with Crippen LogP contribution in [0.15, 0.2) is 24.3 Å². The van der Waals surface area contributed by atoms with E-state index in [1.807, 2.05) is 0 Å². The van der Waals surface area contributed by atoms with Gasteiger partial charge in [0.2, 0.25) is 11.8 Å². The molecule has 1 aromatic heterocycles. The van der Waals surface area contributed by atoms with E-state index in [4.69, 9.17) is 4.74 Å². The van der Waals surface area contributed by atoms with Crippen LogP contribution in [-0.4, -0.2) is 76.1 Å². The van der Waals surface area contributed by atoms with E-state index in [0.29, 0.717) is 30.7 Å². The van der Waals surface area contributed by atoms with E-state index in [2.05, 4.69) is 10.4 Å². The Labute approximate surface area is 217 Å². The van der Waals surface area contributed by atoms with Crippen LogP contribution in [0.2, 0.25) is 0 Å². The second-order valence-corrected chi connectivity index (χ2v) is 10.1. The largest absolute Gasteiger partial charge is 0.497 e. The molecule has 204 valence electrons. The molecule has 1 N–H and O–H groups in total. The van der Waals surface area contributed by atoms with Crippen molar-refractivity contribution in [2.45, 2.75) is 56.7 Å². The number of nitrogens with zero attached hydrogens (tertiary/aromatic N) is 4. The fraction of sp³-hybridized carbons (Fsp3) is 0.538. The summed E-state index contributed by atoms with van der Waals surface area (Å²) in [6.07, 6.45) is -1.07. The number of hydrogen-bond donors (Lipinski definition) is 1. The van der Waals surface area contributed by atoms with Gasteiger partial charge in [-0.25, -0.2) is 4.68 Å². The van der Waals surface area contributed by atoms with Crippen molar-refractivity contribution in [2.24, 2.45) is 0 Å². The Balaban J connectivity index is 1.25. The first kappa shape index (κ1) is 26.1. The lowest BCUT2D eigenvalue weighted by atomic mass is 10.0. The average molecular weight is 534 g/mol. The number of fused-ring (bicyclic) bond motifs is 1. The van der Waals surface area contributed by atoms with Crippen molar-refractivity contribution in [3.05, 3.63) is 41.2 Å². The highest BCUT2D eigenvalue weighted by molar-refractivity contribution is 5.96. The second kappa shape index (κ2) is 9.95. The number of hydrogen-bond acceptors (Lipinski definition) is 5. The number of carbonyl (C=O) groups excluding carboxylic acids is 3. The number of methoxy groups -OCH3 is 1. The number of benzene rings is 1. The van der Waals surface area contributed by atoms with Crippen molar-refractivity contribution in [1.29, 1.82) is 0 Å². The number of likely N-dealkylation sites (tertiary alicyclic amines) is 1. The summed E-state index contributed by atoms with van der Waals surface area (Å²) >= 11 is 0. The van der Waals surface area contributed by atoms with Gasteiger partial charge in [0, 0.05) is 38.2 Å². The lowest BCUT2D eigenvalue weighted by molar-refractivity contribution is -0.142. The van der Waals surface area contributed by atoms with Gasteiger partial charge in [-0.05, 0) is 62.8 Å². The van der Waals surface area contributed by atoms with E-state index < -0.39 is 23.3 Å². The maximum atomic E-state index is 13.7. The monoisotopic (exact) mass is 533 g/mol. The third kappa shape index (κ3) is 4.95. The van der Waals surface area contributed by atoms with E-state index in [1.165, 1.54) is 12.0 Å². The zero-order valence-corrected chi connectivity index (χ0v) is 21.1. The van der Waals surface area contributed by atoms with E-state index in [9.17, 15) is 27.6 Å². The molecule has 2 aromatic rings.